The minimum Gasteiger partial charge on any atom is -0.386 e. The van der Waals surface area contributed by atoms with E-state index in [4.69, 9.17) is 0 Å². The quantitative estimate of drug-likeness (QED) is 0.770. The summed E-state index contributed by atoms with van der Waals surface area (Å²) in [5.74, 6) is -0.131. The number of nitrogens with one attached hydrogen (secondary N) is 1. The first kappa shape index (κ1) is 14.3. The monoisotopic (exact) mass is 317 g/mol. The minimum atomic E-state index is -0.676. The van der Waals surface area contributed by atoms with Crippen LogP contribution in [-0.4, -0.2) is 17.6 Å². The Morgan fingerprint density at radius 2 is 2.14 bits per heavy atom. The summed E-state index contributed by atoms with van der Waals surface area (Å²) in [4.78, 5) is 12.9. The maximum atomic E-state index is 12.0. The molecule has 0 spiro atoms. The van der Waals surface area contributed by atoms with Gasteiger partial charge in [0.15, 0.2) is 0 Å². The highest BCUT2D eigenvalue weighted by atomic mass is 32.1. The Balaban J connectivity index is 1.67. The number of hydrogen-bond donors (Lipinski definition) is 2. The van der Waals surface area contributed by atoms with Gasteiger partial charge in [-0.15, -0.1) is 11.3 Å². The van der Waals surface area contributed by atoms with Crippen LogP contribution in [0.2, 0.25) is 0 Å². The molecule has 0 aliphatic carbocycles. The fourth-order valence-electron chi connectivity index (χ4n) is 2.14. The SMILES string of the molecule is Cc1cscc1C(=O)NC[C@H](O)c1cc2ccccc2s1. The van der Waals surface area contributed by atoms with Crippen molar-refractivity contribution in [3.8, 4) is 0 Å². The van der Waals surface area contributed by atoms with E-state index in [9.17, 15) is 9.90 Å². The number of thiophene rings is 2. The van der Waals surface area contributed by atoms with E-state index in [1.54, 1.807) is 11.3 Å². The second-order valence-electron chi connectivity index (χ2n) is 4.88. The second kappa shape index (κ2) is 5.97. The summed E-state index contributed by atoms with van der Waals surface area (Å²) in [5.41, 5.74) is 1.65. The molecule has 2 heterocycles. The normalized spacial score (nSPS) is 12.5. The molecule has 3 rings (SSSR count). The summed E-state index contributed by atoms with van der Waals surface area (Å²) in [6, 6.07) is 9.99. The van der Waals surface area contributed by atoms with E-state index >= 15 is 0 Å². The van der Waals surface area contributed by atoms with Crippen LogP contribution in [0.5, 0.6) is 0 Å². The molecule has 0 aliphatic rings. The first-order valence-electron chi connectivity index (χ1n) is 6.62. The van der Waals surface area contributed by atoms with E-state index in [0.717, 1.165) is 20.5 Å². The number of rotatable bonds is 4. The van der Waals surface area contributed by atoms with Gasteiger partial charge in [-0.05, 0) is 35.4 Å². The molecule has 0 saturated heterocycles. The fourth-order valence-corrected chi connectivity index (χ4v) is 4.02. The largest absolute Gasteiger partial charge is 0.386 e. The van der Waals surface area contributed by atoms with Gasteiger partial charge >= 0.3 is 0 Å². The molecule has 2 N–H and O–H groups in total. The Morgan fingerprint density at radius 1 is 1.33 bits per heavy atom. The van der Waals surface area contributed by atoms with E-state index in [0.29, 0.717) is 5.56 Å². The van der Waals surface area contributed by atoms with Crippen LogP contribution in [0.15, 0.2) is 41.1 Å². The Labute approximate surface area is 130 Å². The van der Waals surface area contributed by atoms with Crippen LogP contribution in [0.4, 0.5) is 0 Å². The zero-order chi connectivity index (χ0) is 14.8. The smallest absolute Gasteiger partial charge is 0.252 e. The molecule has 0 bridgehead atoms. The summed E-state index contributed by atoms with van der Waals surface area (Å²) in [6.45, 7) is 2.13. The number of carbonyl (C=O) groups is 1. The van der Waals surface area contributed by atoms with Gasteiger partial charge in [0.25, 0.3) is 5.91 Å². The maximum absolute atomic E-state index is 12.0. The van der Waals surface area contributed by atoms with Gasteiger partial charge in [0.05, 0.1) is 5.56 Å². The third-order valence-corrected chi connectivity index (χ3v) is 5.41. The average Bonchev–Trinajstić information content (AvgIpc) is 3.10. The van der Waals surface area contributed by atoms with Crippen LogP contribution < -0.4 is 5.32 Å². The summed E-state index contributed by atoms with van der Waals surface area (Å²) in [7, 11) is 0. The molecule has 0 radical (unpaired) electrons. The topological polar surface area (TPSA) is 49.3 Å². The number of fused-ring (bicyclic) bond motifs is 1. The zero-order valence-corrected chi connectivity index (χ0v) is 13.1. The van der Waals surface area contributed by atoms with Gasteiger partial charge < -0.3 is 10.4 Å². The lowest BCUT2D eigenvalue weighted by molar-refractivity contribution is 0.0918. The number of aliphatic hydroxyl groups excluding tert-OH is 1. The highest BCUT2D eigenvalue weighted by Gasteiger charge is 2.14. The van der Waals surface area contributed by atoms with E-state index in [1.165, 1.54) is 11.3 Å². The van der Waals surface area contributed by atoms with Gasteiger partial charge in [-0.25, -0.2) is 0 Å². The highest BCUT2D eigenvalue weighted by molar-refractivity contribution is 7.19. The molecule has 5 heteroatoms. The van der Waals surface area contributed by atoms with Gasteiger partial charge in [0.2, 0.25) is 0 Å². The van der Waals surface area contributed by atoms with Crippen LogP contribution in [-0.2, 0) is 0 Å². The fraction of sp³-hybridized carbons (Fsp3) is 0.188. The molecule has 0 aliphatic heterocycles. The number of aliphatic hydroxyl groups is 1. The summed E-state index contributed by atoms with van der Waals surface area (Å²) >= 11 is 3.07. The van der Waals surface area contributed by atoms with Gasteiger partial charge in [0, 0.05) is 21.5 Å². The number of carbonyl (C=O) groups excluding carboxylic acids is 1. The first-order chi connectivity index (χ1) is 10.1. The molecular formula is C16H15NO2S2. The summed E-state index contributed by atoms with van der Waals surface area (Å²) in [5, 5.41) is 17.9. The number of aryl methyl sites for hydroxylation is 1. The molecule has 2 aromatic heterocycles. The Kier molecular flexibility index (Phi) is 4.05. The van der Waals surface area contributed by atoms with Gasteiger partial charge in [0.1, 0.15) is 6.10 Å². The maximum Gasteiger partial charge on any atom is 0.252 e. The van der Waals surface area contributed by atoms with Crippen LogP contribution >= 0.6 is 22.7 Å². The average molecular weight is 317 g/mol. The van der Waals surface area contributed by atoms with Gasteiger partial charge in [-0.1, -0.05) is 18.2 Å². The van der Waals surface area contributed by atoms with Crippen molar-refractivity contribution in [2.45, 2.75) is 13.0 Å². The van der Waals surface area contributed by atoms with Crippen molar-refractivity contribution in [1.29, 1.82) is 0 Å². The predicted octanol–water partition coefficient (Wildman–Crippen LogP) is 3.73. The lowest BCUT2D eigenvalue weighted by atomic mass is 10.2. The molecule has 1 atom stereocenters. The first-order valence-corrected chi connectivity index (χ1v) is 8.38. The van der Waals surface area contributed by atoms with Crippen LogP contribution in [0.25, 0.3) is 10.1 Å². The molecule has 21 heavy (non-hydrogen) atoms. The third-order valence-electron chi connectivity index (χ3n) is 3.33. The lowest BCUT2D eigenvalue weighted by Gasteiger charge is -2.10. The molecule has 108 valence electrons. The van der Waals surface area contributed by atoms with Crippen molar-refractivity contribution in [3.05, 3.63) is 57.1 Å². The van der Waals surface area contributed by atoms with E-state index < -0.39 is 6.10 Å². The second-order valence-corrected chi connectivity index (χ2v) is 6.74. The van der Waals surface area contributed by atoms with Crippen molar-refractivity contribution in [2.24, 2.45) is 0 Å². The summed E-state index contributed by atoms with van der Waals surface area (Å²) < 4.78 is 1.14. The Hall–Kier alpha value is -1.69. The molecule has 0 unspecified atom stereocenters. The summed E-state index contributed by atoms with van der Waals surface area (Å²) in [6.07, 6.45) is -0.676. The molecule has 3 nitrogen and oxygen atoms in total. The van der Waals surface area contributed by atoms with E-state index in [-0.39, 0.29) is 12.5 Å². The molecular weight excluding hydrogens is 302 g/mol. The molecule has 0 saturated carbocycles. The molecule has 1 aromatic carbocycles. The Bertz CT molecular complexity index is 742. The lowest BCUT2D eigenvalue weighted by Crippen LogP contribution is -2.28. The minimum absolute atomic E-state index is 0.131. The van der Waals surface area contributed by atoms with Crippen molar-refractivity contribution < 1.29 is 9.90 Å². The van der Waals surface area contributed by atoms with Crippen molar-refractivity contribution in [2.75, 3.05) is 6.54 Å². The molecule has 0 fully saturated rings. The third kappa shape index (κ3) is 3.00. The number of amides is 1. The molecule has 3 aromatic rings. The number of benzene rings is 1. The predicted molar refractivity (Wildman–Crippen MR) is 88.2 cm³/mol. The van der Waals surface area contributed by atoms with Gasteiger partial charge in [-0.3, -0.25) is 4.79 Å². The van der Waals surface area contributed by atoms with Crippen LogP contribution in [0.3, 0.4) is 0 Å². The van der Waals surface area contributed by atoms with Crippen molar-refractivity contribution in [3.63, 3.8) is 0 Å². The highest BCUT2D eigenvalue weighted by Crippen LogP contribution is 2.29. The standard InChI is InChI=1S/C16H15NO2S2/c1-10-8-20-9-12(10)16(19)17-7-13(18)15-6-11-4-2-3-5-14(11)21-15/h2-6,8-9,13,18H,7H2,1H3,(H,17,19)/t13-/m0/s1. The van der Waals surface area contributed by atoms with E-state index in [1.807, 2.05) is 48.0 Å². The van der Waals surface area contributed by atoms with Crippen LogP contribution in [0, 0.1) is 6.92 Å². The molecule has 1 amide bonds. The van der Waals surface area contributed by atoms with Crippen molar-refractivity contribution >= 4 is 38.7 Å². The zero-order valence-electron chi connectivity index (χ0n) is 11.5. The number of hydrogen-bond acceptors (Lipinski definition) is 4. The van der Waals surface area contributed by atoms with Gasteiger partial charge in [-0.2, -0.15) is 11.3 Å². The van der Waals surface area contributed by atoms with E-state index in [2.05, 4.69) is 5.32 Å². The van der Waals surface area contributed by atoms with Crippen LogP contribution in [0.1, 0.15) is 26.9 Å². The van der Waals surface area contributed by atoms with Crippen molar-refractivity contribution in [1.82, 2.24) is 5.32 Å². The Morgan fingerprint density at radius 3 is 2.86 bits per heavy atom.